The maximum atomic E-state index is 10.9. The van der Waals surface area contributed by atoms with Gasteiger partial charge in [0.2, 0.25) is 0 Å². The number of aliphatic carboxylic acids is 1. The van der Waals surface area contributed by atoms with Gasteiger partial charge in [-0.25, -0.2) is 0 Å². The first kappa shape index (κ1) is 16.7. The topological polar surface area (TPSA) is 97.5 Å². The maximum Gasteiger partial charge on any atom is 0.308 e. The predicted octanol–water partition coefficient (Wildman–Crippen LogP) is 2.24. The number of benzene rings is 1. The van der Waals surface area contributed by atoms with E-state index in [9.17, 15) is 19.7 Å². The summed E-state index contributed by atoms with van der Waals surface area (Å²) in [5, 5.41) is 19.7. The van der Waals surface area contributed by atoms with Gasteiger partial charge in [0.05, 0.1) is 11.3 Å². The van der Waals surface area contributed by atoms with Crippen molar-refractivity contribution in [3.05, 3.63) is 39.4 Å². The highest BCUT2D eigenvalue weighted by Gasteiger charge is 2.16. The lowest BCUT2D eigenvalue weighted by atomic mass is 10.1. The number of thioether (sulfide) groups is 1. The van der Waals surface area contributed by atoms with Crippen LogP contribution in [0.15, 0.2) is 18.2 Å². The highest BCUT2D eigenvalue weighted by molar-refractivity contribution is 8.13. The maximum absolute atomic E-state index is 10.9. The molecule has 0 atom stereocenters. The standard InChI is InChI=1S/C14H13NO5S/c1-10(16)21-7-3-2-4-11-5-6-12(9-14(17)18)13(8-11)15(19)20/h5-6,8H,3,7,9H2,1H3,(H,17,18). The number of hydrogen-bond acceptors (Lipinski definition) is 5. The summed E-state index contributed by atoms with van der Waals surface area (Å²) in [4.78, 5) is 31.7. The van der Waals surface area contributed by atoms with Crippen LogP contribution in [0.1, 0.15) is 24.5 Å². The van der Waals surface area contributed by atoms with E-state index in [1.165, 1.54) is 30.8 Å². The number of hydrogen-bond donors (Lipinski definition) is 1. The van der Waals surface area contributed by atoms with E-state index in [-0.39, 0.29) is 16.4 Å². The van der Waals surface area contributed by atoms with Crippen molar-refractivity contribution >= 4 is 28.5 Å². The van der Waals surface area contributed by atoms with Crippen molar-refractivity contribution in [1.29, 1.82) is 0 Å². The first-order chi connectivity index (χ1) is 9.90. The number of carbonyl (C=O) groups is 2. The van der Waals surface area contributed by atoms with Crippen LogP contribution in [-0.2, 0) is 16.0 Å². The van der Waals surface area contributed by atoms with E-state index in [1.807, 2.05) is 0 Å². The Balaban J connectivity index is 2.83. The minimum Gasteiger partial charge on any atom is -0.481 e. The van der Waals surface area contributed by atoms with E-state index in [0.29, 0.717) is 17.7 Å². The minimum absolute atomic E-state index is 0.0189. The molecule has 0 bridgehead atoms. The molecule has 0 heterocycles. The summed E-state index contributed by atoms with van der Waals surface area (Å²) in [6.07, 6.45) is 0.0915. The fourth-order valence-electron chi connectivity index (χ4n) is 1.53. The molecule has 21 heavy (non-hydrogen) atoms. The van der Waals surface area contributed by atoms with Gasteiger partial charge in [-0.3, -0.25) is 19.7 Å². The molecule has 7 heteroatoms. The molecule has 1 N–H and O–H groups in total. The molecule has 0 aromatic heterocycles. The van der Waals surface area contributed by atoms with E-state index in [2.05, 4.69) is 11.8 Å². The fourth-order valence-corrected chi connectivity index (χ4v) is 2.03. The van der Waals surface area contributed by atoms with Gasteiger partial charge in [-0.05, 0) is 6.07 Å². The van der Waals surface area contributed by atoms with Crippen LogP contribution in [0, 0.1) is 22.0 Å². The van der Waals surface area contributed by atoms with Crippen molar-refractivity contribution in [1.82, 2.24) is 0 Å². The van der Waals surface area contributed by atoms with Crippen LogP contribution in [0.2, 0.25) is 0 Å². The molecular formula is C14H13NO5S. The van der Waals surface area contributed by atoms with Gasteiger partial charge in [-0.15, -0.1) is 0 Å². The Bertz CT molecular complexity index is 630. The molecule has 0 aliphatic carbocycles. The number of carboxylic acids is 1. The van der Waals surface area contributed by atoms with Crippen LogP contribution in [0.4, 0.5) is 5.69 Å². The molecule has 0 fully saturated rings. The van der Waals surface area contributed by atoms with Crippen molar-refractivity contribution in [2.45, 2.75) is 19.8 Å². The van der Waals surface area contributed by atoms with Crippen molar-refractivity contribution in [2.24, 2.45) is 0 Å². The number of rotatable bonds is 5. The van der Waals surface area contributed by atoms with E-state index in [0.717, 1.165) is 0 Å². The van der Waals surface area contributed by atoms with E-state index in [1.54, 1.807) is 6.07 Å². The monoisotopic (exact) mass is 307 g/mol. The van der Waals surface area contributed by atoms with E-state index >= 15 is 0 Å². The summed E-state index contributed by atoms with van der Waals surface area (Å²) in [5.74, 6) is 5.03. The smallest absolute Gasteiger partial charge is 0.308 e. The average Bonchev–Trinajstić information content (AvgIpc) is 2.38. The van der Waals surface area contributed by atoms with Crippen molar-refractivity contribution in [3.8, 4) is 11.8 Å². The molecule has 1 rings (SSSR count). The fraction of sp³-hybridized carbons (Fsp3) is 0.286. The Labute approximate surface area is 125 Å². The molecule has 110 valence electrons. The van der Waals surface area contributed by atoms with Crippen molar-refractivity contribution in [2.75, 3.05) is 5.75 Å². The van der Waals surface area contributed by atoms with Crippen molar-refractivity contribution in [3.63, 3.8) is 0 Å². The number of nitro groups is 1. The molecule has 1 aromatic rings. The molecule has 0 aliphatic heterocycles. The number of carboxylic acid groups (broad SMARTS) is 1. The molecule has 0 amide bonds. The second kappa shape index (κ2) is 8.07. The Hall–Kier alpha value is -2.33. The quantitative estimate of drug-likeness (QED) is 0.388. The molecule has 0 aliphatic rings. The summed E-state index contributed by atoms with van der Waals surface area (Å²) in [6.45, 7) is 1.47. The molecule has 0 unspecified atom stereocenters. The Kier molecular flexibility index (Phi) is 6.43. The van der Waals surface area contributed by atoms with Crippen LogP contribution in [0.5, 0.6) is 0 Å². The summed E-state index contributed by atoms with van der Waals surface area (Å²) >= 11 is 1.17. The van der Waals surface area contributed by atoms with E-state index < -0.39 is 17.3 Å². The molecular weight excluding hydrogens is 294 g/mol. The molecule has 6 nitrogen and oxygen atoms in total. The van der Waals surface area contributed by atoms with Gasteiger partial charge in [-0.2, -0.15) is 0 Å². The van der Waals surface area contributed by atoms with Crippen LogP contribution in [-0.4, -0.2) is 26.9 Å². The molecule has 0 saturated carbocycles. The first-order valence-corrected chi connectivity index (χ1v) is 7.00. The normalized spacial score (nSPS) is 9.57. The lowest BCUT2D eigenvalue weighted by Crippen LogP contribution is -2.04. The predicted molar refractivity (Wildman–Crippen MR) is 79.1 cm³/mol. The lowest BCUT2D eigenvalue weighted by molar-refractivity contribution is -0.385. The Morgan fingerprint density at radius 2 is 2.14 bits per heavy atom. The number of nitrogens with zero attached hydrogens (tertiary/aromatic N) is 1. The average molecular weight is 307 g/mol. The number of nitro benzene ring substituents is 1. The van der Waals surface area contributed by atoms with Gasteiger partial charge in [-0.1, -0.05) is 29.7 Å². The zero-order valence-electron chi connectivity index (χ0n) is 11.3. The first-order valence-electron chi connectivity index (χ1n) is 6.01. The Morgan fingerprint density at radius 3 is 2.71 bits per heavy atom. The summed E-state index contributed by atoms with van der Waals surface area (Å²) in [5.41, 5.74) is 0.344. The van der Waals surface area contributed by atoms with Gasteiger partial charge in [0.25, 0.3) is 5.69 Å². The zero-order chi connectivity index (χ0) is 15.8. The zero-order valence-corrected chi connectivity index (χ0v) is 12.1. The van der Waals surface area contributed by atoms with Crippen LogP contribution >= 0.6 is 11.8 Å². The van der Waals surface area contributed by atoms with Gasteiger partial charge in [0.1, 0.15) is 0 Å². The molecule has 0 saturated heterocycles. The van der Waals surface area contributed by atoms with Crippen LogP contribution < -0.4 is 0 Å². The SMILES string of the molecule is CC(=O)SCCC#Cc1ccc(CC(=O)O)c([N+](=O)[O-])c1. The van der Waals surface area contributed by atoms with Crippen molar-refractivity contribution < 1.29 is 19.6 Å². The van der Waals surface area contributed by atoms with Crippen LogP contribution in [0.25, 0.3) is 0 Å². The minimum atomic E-state index is -1.13. The molecule has 0 radical (unpaired) electrons. The molecule has 0 spiro atoms. The lowest BCUT2D eigenvalue weighted by Gasteiger charge is -2.00. The number of carbonyl (C=O) groups excluding carboxylic acids is 1. The highest BCUT2D eigenvalue weighted by Crippen LogP contribution is 2.20. The highest BCUT2D eigenvalue weighted by atomic mass is 32.2. The third kappa shape index (κ3) is 6.10. The van der Waals surface area contributed by atoms with Gasteiger partial charge in [0, 0.05) is 36.3 Å². The third-order valence-corrected chi connectivity index (χ3v) is 3.20. The van der Waals surface area contributed by atoms with Gasteiger partial charge < -0.3 is 5.11 Å². The second-order valence-electron chi connectivity index (χ2n) is 4.06. The second-order valence-corrected chi connectivity index (χ2v) is 5.33. The summed E-state index contributed by atoms with van der Waals surface area (Å²) in [6, 6.07) is 4.22. The van der Waals surface area contributed by atoms with E-state index in [4.69, 9.17) is 5.11 Å². The third-order valence-electron chi connectivity index (χ3n) is 2.39. The van der Waals surface area contributed by atoms with Crippen LogP contribution in [0.3, 0.4) is 0 Å². The largest absolute Gasteiger partial charge is 0.481 e. The summed E-state index contributed by atoms with van der Waals surface area (Å²) in [7, 11) is 0. The van der Waals surface area contributed by atoms with Gasteiger partial charge >= 0.3 is 5.97 Å². The Morgan fingerprint density at radius 1 is 1.43 bits per heavy atom. The van der Waals surface area contributed by atoms with Gasteiger partial charge in [0.15, 0.2) is 5.12 Å². The molecule has 1 aromatic carbocycles. The summed E-state index contributed by atoms with van der Waals surface area (Å²) < 4.78 is 0.